The molecule has 0 radical (unpaired) electrons. The monoisotopic (exact) mass is 347 g/mol. The van der Waals surface area contributed by atoms with Gasteiger partial charge in [-0.2, -0.15) is 0 Å². The number of piperazine rings is 2. The van der Waals surface area contributed by atoms with Crippen LogP contribution in [0.2, 0.25) is 5.02 Å². The number of hydrogen-bond acceptors (Lipinski definition) is 4. The van der Waals surface area contributed by atoms with Crippen molar-refractivity contribution < 1.29 is 14.3 Å². The van der Waals surface area contributed by atoms with Gasteiger partial charge in [-0.25, -0.2) is 0 Å². The molecule has 24 heavy (non-hydrogen) atoms. The number of carbonyl (C=O) groups is 2. The van der Waals surface area contributed by atoms with Crippen LogP contribution in [0.15, 0.2) is 23.8 Å². The highest BCUT2D eigenvalue weighted by atomic mass is 35.5. The molecule has 2 amide bonds. The van der Waals surface area contributed by atoms with E-state index in [9.17, 15) is 9.59 Å². The zero-order valence-electron chi connectivity index (χ0n) is 13.1. The molecular formula is C17H18ClN3O3. The molecule has 1 aromatic rings. The molecule has 6 nitrogen and oxygen atoms in total. The van der Waals surface area contributed by atoms with Crippen LogP contribution in [-0.4, -0.2) is 67.0 Å². The van der Waals surface area contributed by atoms with Crippen molar-refractivity contribution in [3.8, 4) is 5.75 Å². The van der Waals surface area contributed by atoms with Crippen molar-refractivity contribution >= 4 is 29.5 Å². The van der Waals surface area contributed by atoms with Gasteiger partial charge in [0.25, 0.3) is 0 Å². The molecule has 126 valence electrons. The number of hydrogen-bond donors (Lipinski definition) is 1. The van der Waals surface area contributed by atoms with Crippen LogP contribution in [-0.2, 0) is 9.59 Å². The highest BCUT2D eigenvalue weighted by Gasteiger charge is 2.38. The Morgan fingerprint density at radius 3 is 3.04 bits per heavy atom. The van der Waals surface area contributed by atoms with E-state index in [1.54, 1.807) is 4.90 Å². The lowest BCUT2D eigenvalue weighted by atomic mass is 10.0. The molecule has 2 fully saturated rings. The summed E-state index contributed by atoms with van der Waals surface area (Å²) in [6, 6.07) is 5.20. The number of nitrogens with one attached hydrogen (secondary N) is 1. The van der Waals surface area contributed by atoms with Crippen LogP contribution >= 0.6 is 11.6 Å². The van der Waals surface area contributed by atoms with Gasteiger partial charge in [0.2, 0.25) is 11.8 Å². The number of amides is 2. The molecule has 1 N–H and O–H groups in total. The van der Waals surface area contributed by atoms with Crippen molar-refractivity contribution in [1.82, 2.24) is 15.1 Å². The molecule has 0 bridgehead atoms. The van der Waals surface area contributed by atoms with E-state index in [2.05, 4.69) is 16.3 Å². The fourth-order valence-corrected chi connectivity index (χ4v) is 3.64. The maximum atomic E-state index is 12.0. The van der Waals surface area contributed by atoms with Crippen LogP contribution in [0.4, 0.5) is 0 Å². The molecule has 0 aromatic heterocycles. The molecule has 3 heterocycles. The summed E-state index contributed by atoms with van der Waals surface area (Å²) in [6.45, 7) is 3.27. The van der Waals surface area contributed by atoms with E-state index in [1.165, 1.54) is 0 Å². The van der Waals surface area contributed by atoms with Gasteiger partial charge in [0.15, 0.2) is 0 Å². The Bertz CT molecular complexity index is 734. The van der Waals surface area contributed by atoms with Crippen molar-refractivity contribution in [2.45, 2.75) is 6.04 Å². The second-order valence-corrected chi connectivity index (χ2v) is 6.77. The predicted octanol–water partition coefficient (Wildman–Crippen LogP) is 0.758. The Morgan fingerprint density at radius 1 is 1.29 bits per heavy atom. The summed E-state index contributed by atoms with van der Waals surface area (Å²) in [7, 11) is 0. The third-order valence-electron chi connectivity index (χ3n) is 4.67. The molecular weight excluding hydrogens is 330 g/mol. The lowest BCUT2D eigenvalue weighted by Crippen LogP contribution is -2.66. The van der Waals surface area contributed by atoms with Gasteiger partial charge >= 0.3 is 0 Å². The first-order valence-electron chi connectivity index (χ1n) is 8.01. The highest BCUT2D eigenvalue weighted by Crippen LogP contribution is 2.29. The smallest absolute Gasteiger partial charge is 0.244 e. The molecule has 1 unspecified atom stereocenters. The maximum absolute atomic E-state index is 12.0. The molecule has 4 rings (SSSR count). The quantitative estimate of drug-likeness (QED) is 0.858. The van der Waals surface area contributed by atoms with E-state index in [-0.39, 0.29) is 24.4 Å². The summed E-state index contributed by atoms with van der Waals surface area (Å²) in [5.41, 5.74) is 2.12. The van der Waals surface area contributed by atoms with Crippen molar-refractivity contribution in [3.05, 3.63) is 34.4 Å². The van der Waals surface area contributed by atoms with Gasteiger partial charge in [-0.1, -0.05) is 11.6 Å². The van der Waals surface area contributed by atoms with Crippen molar-refractivity contribution in [1.29, 1.82) is 0 Å². The van der Waals surface area contributed by atoms with E-state index in [0.717, 1.165) is 30.0 Å². The van der Waals surface area contributed by atoms with E-state index in [4.69, 9.17) is 16.3 Å². The second kappa shape index (κ2) is 6.11. The summed E-state index contributed by atoms with van der Waals surface area (Å²) < 4.78 is 5.78. The Balaban J connectivity index is 1.47. The molecule has 0 spiro atoms. The van der Waals surface area contributed by atoms with E-state index >= 15 is 0 Å². The Kier molecular flexibility index (Phi) is 3.94. The third kappa shape index (κ3) is 2.87. The summed E-state index contributed by atoms with van der Waals surface area (Å²) >= 11 is 6.05. The van der Waals surface area contributed by atoms with Gasteiger partial charge in [0.05, 0.1) is 6.54 Å². The first-order chi connectivity index (χ1) is 11.6. The van der Waals surface area contributed by atoms with Crippen LogP contribution < -0.4 is 10.1 Å². The van der Waals surface area contributed by atoms with Crippen LogP contribution in [0, 0.1) is 0 Å². The fourth-order valence-electron chi connectivity index (χ4n) is 3.46. The van der Waals surface area contributed by atoms with Gasteiger partial charge in [-0.05, 0) is 29.8 Å². The minimum Gasteiger partial charge on any atom is -0.489 e. The third-order valence-corrected chi connectivity index (χ3v) is 4.91. The van der Waals surface area contributed by atoms with Crippen molar-refractivity contribution in [2.24, 2.45) is 0 Å². The topological polar surface area (TPSA) is 61.9 Å². The first-order valence-corrected chi connectivity index (χ1v) is 8.39. The Hall–Kier alpha value is -2.05. The zero-order valence-corrected chi connectivity index (χ0v) is 13.9. The summed E-state index contributed by atoms with van der Waals surface area (Å²) in [4.78, 5) is 27.8. The molecule has 7 heteroatoms. The normalized spacial score (nSPS) is 23.8. The Morgan fingerprint density at radius 2 is 2.17 bits per heavy atom. The average Bonchev–Trinajstić information content (AvgIpc) is 2.58. The molecule has 3 aliphatic heterocycles. The molecule has 3 aliphatic rings. The SMILES string of the molecule is O=C1NCC(=O)N2CCN(CC3=Cc4cc(Cl)ccc4OC3)CC12. The number of ether oxygens (including phenoxy) is 1. The van der Waals surface area contributed by atoms with E-state index in [0.29, 0.717) is 24.7 Å². The zero-order chi connectivity index (χ0) is 16.7. The van der Waals surface area contributed by atoms with Gasteiger partial charge < -0.3 is 15.0 Å². The van der Waals surface area contributed by atoms with Crippen molar-refractivity contribution in [2.75, 3.05) is 39.3 Å². The van der Waals surface area contributed by atoms with Gasteiger partial charge in [-0.3, -0.25) is 14.5 Å². The number of halogens is 1. The second-order valence-electron chi connectivity index (χ2n) is 6.33. The lowest BCUT2D eigenvalue weighted by molar-refractivity contribution is -0.148. The lowest BCUT2D eigenvalue weighted by Gasteiger charge is -2.43. The van der Waals surface area contributed by atoms with Gasteiger partial charge in [0.1, 0.15) is 18.4 Å². The standard InChI is InChI=1S/C17H18ClN3O3/c18-13-1-2-15-12(6-13)5-11(10-24-15)8-20-3-4-21-14(9-20)17(23)19-7-16(21)22/h1-2,5-6,14H,3-4,7-10H2,(H,19,23). The largest absolute Gasteiger partial charge is 0.489 e. The van der Waals surface area contributed by atoms with Gasteiger partial charge in [-0.15, -0.1) is 0 Å². The summed E-state index contributed by atoms with van der Waals surface area (Å²) in [5, 5.41) is 3.34. The van der Waals surface area contributed by atoms with Crippen LogP contribution in [0.3, 0.4) is 0 Å². The molecule has 0 saturated carbocycles. The van der Waals surface area contributed by atoms with Gasteiger partial charge in [0, 0.05) is 36.8 Å². The predicted molar refractivity (Wildman–Crippen MR) is 89.9 cm³/mol. The average molecular weight is 348 g/mol. The first kappa shape index (κ1) is 15.5. The van der Waals surface area contributed by atoms with E-state index in [1.807, 2.05) is 18.2 Å². The minimum atomic E-state index is -0.383. The fraction of sp³-hybridized carbons (Fsp3) is 0.412. The molecule has 1 aromatic carbocycles. The number of rotatable bonds is 2. The number of nitrogens with zero attached hydrogens (tertiary/aromatic N) is 2. The Labute approximate surface area is 145 Å². The van der Waals surface area contributed by atoms with Crippen LogP contribution in [0.25, 0.3) is 6.08 Å². The highest BCUT2D eigenvalue weighted by molar-refractivity contribution is 6.30. The molecule has 2 saturated heterocycles. The van der Waals surface area contributed by atoms with E-state index < -0.39 is 0 Å². The summed E-state index contributed by atoms with van der Waals surface area (Å²) in [5.74, 6) is 0.776. The minimum absolute atomic E-state index is 0.00281. The maximum Gasteiger partial charge on any atom is 0.244 e. The number of benzene rings is 1. The van der Waals surface area contributed by atoms with Crippen LogP contribution in [0.5, 0.6) is 5.75 Å². The van der Waals surface area contributed by atoms with Crippen LogP contribution in [0.1, 0.15) is 5.56 Å². The number of carbonyl (C=O) groups excluding carboxylic acids is 2. The summed E-state index contributed by atoms with van der Waals surface area (Å²) in [6.07, 6.45) is 2.10. The molecule has 0 aliphatic carbocycles. The molecule has 1 atom stereocenters. The van der Waals surface area contributed by atoms with Crippen molar-refractivity contribution in [3.63, 3.8) is 0 Å². The number of fused-ring (bicyclic) bond motifs is 2.